The quantitative estimate of drug-likeness (QED) is 0.779. The summed E-state index contributed by atoms with van der Waals surface area (Å²) < 4.78 is 11.5. The van der Waals surface area contributed by atoms with Crippen LogP contribution in [0, 0.1) is 0 Å². The van der Waals surface area contributed by atoms with Crippen molar-refractivity contribution in [1.29, 1.82) is 0 Å². The highest BCUT2D eigenvalue weighted by Crippen LogP contribution is 2.22. The zero-order chi connectivity index (χ0) is 17.7. The molecule has 1 amide bonds. The summed E-state index contributed by atoms with van der Waals surface area (Å²) in [5.41, 5.74) is 0.321. The number of methoxy groups -OCH3 is 1. The van der Waals surface area contributed by atoms with Gasteiger partial charge in [-0.3, -0.25) is 0 Å². The standard InChI is InChI=1S/C17H27BrN2O3/c1-16(2,3)23-15(21)19-11-17(4,5)20-10-12-9-13(22-6)7-8-14(12)18/h7-9,20H,10-11H2,1-6H3,(H,19,21). The minimum atomic E-state index is -0.493. The molecule has 0 radical (unpaired) electrons. The van der Waals surface area contributed by atoms with Crippen molar-refractivity contribution in [2.75, 3.05) is 13.7 Å². The Morgan fingerprint density at radius 1 is 1.22 bits per heavy atom. The van der Waals surface area contributed by atoms with E-state index < -0.39 is 11.7 Å². The maximum atomic E-state index is 11.7. The molecule has 0 bridgehead atoms. The normalized spacial score (nSPS) is 12.0. The van der Waals surface area contributed by atoms with Gasteiger partial charge in [-0.1, -0.05) is 15.9 Å². The van der Waals surface area contributed by atoms with Crippen LogP contribution in [-0.2, 0) is 11.3 Å². The first-order chi connectivity index (χ1) is 10.5. The summed E-state index contributed by atoms with van der Waals surface area (Å²) in [6.07, 6.45) is -0.407. The van der Waals surface area contributed by atoms with Crippen LogP contribution in [0.1, 0.15) is 40.2 Å². The Balaban J connectivity index is 2.54. The van der Waals surface area contributed by atoms with Crippen molar-refractivity contribution in [3.05, 3.63) is 28.2 Å². The van der Waals surface area contributed by atoms with E-state index in [-0.39, 0.29) is 5.54 Å². The van der Waals surface area contributed by atoms with Gasteiger partial charge in [-0.15, -0.1) is 0 Å². The number of alkyl carbamates (subject to hydrolysis) is 1. The summed E-state index contributed by atoms with van der Waals surface area (Å²) in [5, 5.41) is 6.22. The number of rotatable bonds is 6. The van der Waals surface area contributed by atoms with Crippen LogP contribution in [0.2, 0.25) is 0 Å². The lowest BCUT2D eigenvalue weighted by Crippen LogP contribution is -2.49. The maximum Gasteiger partial charge on any atom is 0.407 e. The van der Waals surface area contributed by atoms with Crippen molar-refractivity contribution < 1.29 is 14.3 Å². The van der Waals surface area contributed by atoms with E-state index >= 15 is 0 Å². The number of hydrogen-bond donors (Lipinski definition) is 2. The molecule has 0 heterocycles. The van der Waals surface area contributed by atoms with Gasteiger partial charge in [0.2, 0.25) is 0 Å². The molecule has 2 N–H and O–H groups in total. The summed E-state index contributed by atoms with van der Waals surface area (Å²) in [6, 6.07) is 5.85. The van der Waals surface area contributed by atoms with Crippen molar-refractivity contribution in [3.8, 4) is 5.75 Å². The highest BCUT2D eigenvalue weighted by atomic mass is 79.9. The Kier molecular flexibility index (Phi) is 6.89. The average molecular weight is 387 g/mol. The molecule has 1 rings (SSSR count). The molecule has 0 saturated heterocycles. The van der Waals surface area contributed by atoms with Gasteiger partial charge in [0.1, 0.15) is 11.4 Å². The van der Waals surface area contributed by atoms with Crippen molar-refractivity contribution in [2.24, 2.45) is 0 Å². The molecule has 1 aromatic carbocycles. The lowest BCUT2D eigenvalue weighted by atomic mass is 10.0. The minimum Gasteiger partial charge on any atom is -0.497 e. The first-order valence-electron chi connectivity index (χ1n) is 7.57. The zero-order valence-electron chi connectivity index (χ0n) is 14.7. The molecule has 0 unspecified atom stereocenters. The topological polar surface area (TPSA) is 59.6 Å². The third kappa shape index (κ3) is 7.70. The number of halogens is 1. The first kappa shape index (κ1) is 19.8. The largest absolute Gasteiger partial charge is 0.497 e. The fourth-order valence-corrected chi connectivity index (χ4v) is 2.20. The predicted octanol–water partition coefficient (Wildman–Crippen LogP) is 3.85. The average Bonchev–Trinajstić information content (AvgIpc) is 2.43. The number of ether oxygens (including phenoxy) is 2. The molecule has 0 atom stereocenters. The van der Waals surface area contributed by atoms with Crippen LogP contribution in [0.25, 0.3) is 0 Å². The van der Waals surface area contributed by atoms with E-state index in [1.807, 2.05) is 52.8 Å². The van der Waals surface area contributed by atoms with Crippen LogP contribution in [0.4, 0.5) is 4.79 Å². The van der Waals surface area contributed by atoms with Gasteiger partial charge >= 0.3 is 6.09 Å². The molecule has 23 heavy (non-hydrogen) atoms. The van der Waals surface area contributed by atoms with Gasteiger partial charge in [0.25, 0.3) is 0 Å². The molecule has 0 fully saturated rings. The second kappa shape index (κ2) is 8.02. The second-order valence-electron chi connectivity index (χ2n) is 7.05. The molecule has 0 aliphatic rings. The van der Waals surface area contributed by atoms with Crippen LogP contribution >= 0.6 is 15.9 Å². The van der Waals surface area contributed by atoms with Crippen LogP contribution in [0.15, 0.2) is 22.7 Å². The first-order valence-corrected chi connectivity index (χ1v) is 8.36. The van der Waals surface area contributed by atoms with E-state index in [9.17, 15) is 4.79 Å². The summed E-state index contributed by atoms with van der Waals surface area (Å²) in [7, 11) is 1.65. The minimum absolute atomic E-state index is 0.278. The van der Waals surface area contributed by atoms with E-state index in [0.29, 0.717) is 13.1 Å². The van der Waals surface area contributed by atoms with Crippen LogP contribution in [0.5, 0.6) is 5.75 Å². The molecule has 6 heteroatoms. The predicted molar refractivity (Wildman–Crippen MR) is 95.8 cm³/mol. The van der Waals surface area contributed by atoms with Gasteiger partial charge in [0.15, 0.2) is 0 Å². The van der Waals surface area contributed by atoms with E-state index in [2.05, 4.69) is 26.6 Å². The van der Waals surface area contributed by atoms with Gasteiger partial charge in [0, 0.05) is 23.1 Å². The molecular formula is C17H27BrN2O3. The van der Waals surface area contributed by atoms with E-state index in [1.54, 1.807) is 7.11 Å². The fraction of sp³-hybridized carbons (Fsp3) is 0.588. The smallest absolute Gasteiger partial charge is 0.407 e. The van der Waals surface area contributed by atoms with Gasteiger partial charge in [0.05, 0.1) is 7.11 Å². The van der Waals surface area contributed by atoms with Crippen molar-refractivity contribution in [3.63, 3.8) is 0 Å². The molecular weight excluding hydrogens is 360 g/mol. The number of carbonyl (C=O) groups is 1. The lowest BCUT2D eigenvalue weighted by molar-refractivity contribution is 0.0513. The molecule has 0 aliphatic carbocycles. The summed E-state index contributed by atoms with van der Waals surface area (Å²) in [5.74, 6) is 0.815. The number of benzene rings is 1. The number of nitrogens with one attached hydrogen (secondary N) is 2. The third-order valence-corrected chi connectivity index (χ3v) is 3.86. The Labute approximate surface area is 147 Å². The Bertz CT molecular complexity index is 539. The number of carbonyl (C=O) groups excluding carboxylic acids is 1. The molecule has 1 aromatic rings. The molecule has 130 valence electrons. The van der Waals surface area contributed by atoms with Crippen LogP contribution in [0.3, 0.4) is 0 Å². The van der Waals surface area contributed by atoms with Crippen molar-refractivity contribution >= 4 is 22.0 Å². The summed E-state index contributed by atoms with van der Waals surface area (Å²) in [6.45, 7) is 10.7. The Hall–Kier alpha value is -1.27. The monoisotopic (exact) mass is 386 g/mol. The van der Waals surface area contributed by atoms with Gasteiger partial charge in [-0.25, -0.2) is 4.79 Å². The number of hydrogen-bond acceptors (Lipinski definition) is 4. The molecule has 0 saturated carbocycles. The van der Waals surface area contributed by atoms with Crippen LogP contribution in [-0.4, -0.2) is 30.9 Å². The Morgan fingerprint density at radius 2 is 1.87 bits per heavy atom. The SMILES string of the molecule is COc1ccc(Br)c(CNC(C)(C)CNC(=O)OC(C)(C)C)c1. The Morgan fingerprint density at radius 3 is 2.43 bits per heavy atom. The zero-order valence-corrected chi connectivity index (χ0v) is 16.3. The van der Waals surface area contributed by atoms with Gasteiger partial charge in [-0.2, -0.15) is 0 Å². The molecule has 0 aliphatic heterocycles. The van der Waals surface area contributed by atoms with Crippen molar-refractivity contribution in [2.45, 2.75) is 52.3 Å². The highest BCUT2D eigenvalue weighted by molar-refractivity contribution is 9.10. The fourth-order valence-electron chi connectivity index (χ4n) is 1.82. The van der Waals surface area contributed by atoms with Crippen LogP contribution < -0.4 is 15.4 Å². The van der Waals surface area contributed by atoms with Gasteiger partial charge < -0.3 is 20.1 Å². The van der Waals surface area contributed by atoms with E-state index in [4.69, 9.17) is 9.47 Å². The molecule has 0 aromatic heterocycles. The molecule has 0 spiro atoms. The molecule has 5 nitrogen and oxygen atoms in total. The van der Waals surface area contributed by atoms with E-state index in [0.717, 1.165) is 15.8 Å². The van der Waals surface area contributed by atoms with E-state index in [1.165, 1.54) is 0 Å². The second-order valence-corrected chi connectivity index (χ2v) is 7.90. The summed E-state index contributed by atoms with van der Waals surface area (Å²) >= 11 is 3.54. The lowest BCUT2D eigenvalue weighted by Gasteiger charge is -2.28. The highest BCUT2D eigenvalue weighted by Gasteiger charge is 2.21. The summed E-state index contributed by atoms with van der Waals surface area (Å²) in [4.78, 5) is 11.7. The third-order valence-electron chi connectivity index (χ3n) is 3.08. The maximum absolute atomic E-state index is 11.7. The number of amides is 1. The van der Waals surface area contributed by atoms with Crippen molar-refractivity contribution in [1.82, 2.24) is 10.6 Å². The van der Waals surface area contributed by atoms with Gasteiger partial charge in [-0.05, 0) is 58.4 Å².